The maximum absolute atomic E-state index is 5.44. The van der Waals surface area contributed by atoms with Crippen molar-refractivity contribution < 1.29 is 4.74 Å². The van der Waals surface area contributed by atoms with Gasteiger partial charge in [-0.05, 0) is 31.8 Å². The molecular weight excluding hydrogens is 160 g/mol. The first-order chi connectivity index (χ1) is 6.47. The molecule has 0 aromatic rings. The van der Waals surface area contributed by atoms with Gasteiger partial charge in [-0.25, -0.2) is 0 Å². The van der Waals surface area contributed by atoms with E-state index in [0.29, 0.717) is 6.10 Å². The summed E-state index contributed by atoms with van der Waals surface area (Å²) in [5.41, 5.74) is 0. The van der Waals surface area contributed by atoms with E-state index >= 15 is 0 Å². The maximum Gasteiger partial charge on any atom is 0.155 e. The van der Waals surface area contributed by atoms with Crippen LogP contribution in [0.4, 0.5) is 0 Å². The lowest BCUT2D eigenvalue weighted by molar-refractivity contribution is 0.401. The van der Waals surface area contributed by atoms with E-state index < -0.39 is 0 Å². The summed E-state index contributed by atoms with van der Waals surface area (Å²) in [6, 6.07) is 0. The summed E-state index contributed by atoms with van der Waals surface area (Å²) in [5.74, 6) is 1.21. The Morgan fingerprint density at radius 1 is 1.08 bits per heavy atom. The van der Waals surface area contributed by atoms with Gasteiger partial charge in [0.15, 0.2) is 6.10 Å². The van der Waals surface area contributed by atoms with Crippen molar-refractivity contribution in [2.24, 2.45) is 0 Å². The fraction of sp³-hybridized carbons (Fsp3) is 0.667. The molecule has 0 aromatic carbocycles. The van der Waals surface area contributed by atoms with Gasteiger partial charge in [-0.1, -0.05) is 31.4 Å². The highest BCUT2D eigenvalue weighted by Gasteiger charge is 2.30. The number of fused-ring (bicyclic) bond motifs is 1. The predicted octanol–water partition coefficient (Wildman–Crippen LogP) is 3.57. The molecule has 1 unspecified atom stereocenters. The van der Waals surface area contributed by atoms with E-state index in [1.165, 1.54) is 50.7 Å². The quantitative estimate of drug-likeness (QED) is 0.517. The molecule has 1 heterocycles. The molecule has 0 N–H and O–H groups in total. The highest BCUT2D eigenvalue weighted by atomic mass is 16.6. The molecule has 1 fully saturated rings. The molecule has 0 spiro atoms. The molecule has 2 aliphatic rings. The third kappa shape index (κ3) is 2.91. The molecule has 13 heavy (non-hydrogen) atoms. The van der Waals surface area contributed by atoms with Crippen LogP contribution in [0, 0.1) is 0 Å². The van der Waals surface area contributed by atoms with Gasteiger partial charge >= 0.3 is 0 Å². The third-order valence-electron chi connectivity index (χ3n) is 2.77. The molecule has 0 saturated carbocycles. The Bertz CT molecular complexity index is 215. The molecule has 0 bridgehead atoms. The minimum absolute atomic E-state index is 0.476. The van der Waals surface area contributed by atoms with Crippen molar-refractivity contribution in [2.45, 2.75) is 51.0 Å². The van der Waals surface area contributed by atoms with Crippen molar-refractivity contribution in [3.05, 3.63) is 24.0 Å². The van der Waals surface area contributed by atoms with Gasteiger partial charge in [0, 0.05) is 0 Å². The zero-order chi connectivity index (χ0) is 8.93. The third-order valence-corrected chi connectivity index (χ3v) is 2.77. The lowest BCUT2D eigenvalue weighted by atomic mass is 10.1. The maximum atomic E-state index is 5.44. The molecule has 72 valence electrons. The van der Waals surface area contributed by atoms with Crippen LogP contribution in [-0.2, 0) is 4.74 Å². The Morgan fingerprint density at radius 3 is 2.92 bits per heavy atom. The second kappa shape index (κ2) is 4.50. The van der Waals surface area contributed by atoms with Gasteiger partial charge < -0.3 is 4.74 Å². The topological polar surface area (TPSA) is 12.5 Å². The van der Waals surface area contributed by atoms with Crippen molar-refractivity contribution in [3.63, 3.8) is 0 Å². The Morgan fingerprint density at radius 2 is 1.92 bits per heavy atom. The minimum atomic E-state index is 0.476. The van der Waals surface area contributed by atoms with Crippen LogP contribution < -0.4 is 0 Å². The molecule has 1 nitrogen and oxygen atoms in total. The molecule has 0 aromatic heterocycles. The summed E-state index contributed by atoms with van der Waals surface area (Å²) in [4.78, 5) is 0. The number of epoxide rings is 1. The van der Waals surface area contributed by atoms with Gasteiger partial charge in [-0.3, -0.25) is 0 Å². The summed E-state index contributed by atoms with van der Waals surface area (Å²) in [5, 5.41) is 0. The van der Waals surface area contributed by atoms with Gasteiger partial charge in [0.1, 0.15) is 5.76 Å². The standard InChI is InChI=1S/C12H18O/c1-2-4-6-8-10-12-11(13-12)9-7-5-3-1/h5,7,9,12H,1-4,6,8,10H2/b7-5-,11-9+. The molecule has 1 atom stereocenters. The van der Waals surface area contributed by atoms with Crippen molar-refractivity contribution in [3.8, 4) is 0 Å². The Hall–Kier alpha value is -0.720. The fourth-order valence-electron chi connectivity index (χ4n) is 1.86. The second-order valence-electron chi connectivity index (χ2n) is 3.95. The Balaban J connectivity index is 1.84. The summed E-state index contributed by atoms with van der Waals surface area (Å²) in [6.07, 6.45) is 16.4. The number of allylic oxidation sites excluding steroid dienone is 3. The molecule has 1 saturated heterocycles. The zero-order valence-corrected chi connectivity index (χ0v) is 8.17. The SMILES string of the molecule is C1=C\CCCCCCCC2O/C2=C/1. The van der Waals surface area contributed by atoms with Crippen LogP contribution in [0.1, 0.15) is 44.9 Å². The van der Waals surface area contributed by atoms with Gasteiger partial charge in [-0.2, -0.15) is 0 Å². The lowest BCUT2D eigenvalue weighted by Crippen LogP contribution is -1.86. The van der Waals surface area contributed by atoms with Gasteiger partial charge in [0.2, 0.25) is 0 Å². The monoisotopic (exact) mass is 178 g/mol. The van der Waals surface area contributed by atoms with E-state index in [1.54, 1.807) is 0 Å². The number of hydrogen-bond donors (Lipinski definition) is 0. The van der Waals surface area contributed by atoms with E-state index in [1.807, 2.05) is 0 Å². The summed E-state index contributed by atoms with van der Waals surface area (Å²) < 4.78 is 5.44. The first kappa shape index (κ1) is 8.86. The molecule has 1 aliphatic heterocycles. The summed E-state index contributed by atoms with van der Waals surface area (Å²) in [7, 11) is 0. The van der Waals surface area contributed by atoms with Gasteiger partial charge in [0.25, 0.3) is 0 Å². The average molecular weight is 178 g/mol. The van der Waals surface area contributed by atoms with Crippen LogP contribution in [0.2, 0.25) is 0 Å². The molecule has 0 amide bonds. The second-order valence-corrected chi connectivity index (χ2v) is 3.95. The highest BCUT2D eigenvalue weighted by Crippen LogP contribution is 2.31. The van der Waals surface area contributed by atoms with E-state index in [2.05, 4.69) is 18.2 Å². The van der Waals surface area contributed by atoms with E-state index in [4.69, 9.17) is 4.74 Å². The van der Waals surface area contributed by atoms with Crippen molar-refractivity contribution in [1.29, 1.82) is 0 Å². The highest BCUT2D eigenvalue weighted by molar-refractivity contribution is 5.20. The average Bonchev–Trinajstić information content (AvgIpc) is 2.83. The smallest absolute Gasteiger partial charge is 0.155 e. The molecule has 1 aliphatic carbocycles. The van der Waals surface area contributed by atoms with Crippen molar-refractivity contribution in [1.82, 2.24) is 0 Å². The van der Waals surface area contributed by atoms with Crippen LogP contribution in [0.15, 0.2) is 24.0 Å². The lowest BCUT2D eigenvalue weighted by Gasteiger charge is -1.98. The molecular formula is C12H18O. The van der Waals surface area contributed by atoms with E-state index in [9.17, 15) is 0 Å². The van der Waals surface area contributed by atoms with Crippen molar-refractivity contribution in [2.75, 3.05) is 0 Å². The first-order valence-corrected chi connectivity index (χ1v) is 5.50. The van der Waals surface area contributed by atoms with Crippen LogP contribution in [0.3, 0.4) is 0 Å². The minimum Gasteiger partial charge on any atom is -0.483 e. The summed E-state index contributed by atoms with van der Waals surface area (Å²) >= 11 is 0. The fourth-order valence-corrected chi connectivity index (χ4v) is 1.86. The molecule has 0 radical (unpaired) electrons. The zero-order valence-electron chi connectivity index (χ0n) is 8.17. The van der Waals surface area contributed by atoms with Crippen LogP contribution in [-0.4, -0.2) is 6.10 Å². The normalized spacial score (nSPS) is 35.4. The van der Waals surface area contributed by atoms with Gasteiger partial charge in [-0.15, -0.1) is 0 Å². The Kier molecular flexibility index (Phi) is 3.07. The Labute approximate surface area is 80.5 Å². The van der Waals surface area contributed by atoms with E-state index in [0.717, 1.165) is 0 Å². The largest absolute Gasteiger partial charge is 0.483 e. The first-order valence-electron chi connectivity index (χ1n) is 5.50. The van der Waals surface area contributed by atoms with Gasteiger partial charge in [0.05, 0.1) is 0 Å². The van der Waals surface area contributed by atoms with E-state index in [-0.39, 0.29) is 0 Å². The van der Waals surface area contributed by atoms with Crippen molar-refractivity contribution >= 4 is 0 Å². The summed E-state index contributed by atoms with van der Waals surface area (Å²) in [6.45, 7) is 0. The number of rotatable bonds is 0. The number of hydrogen-bond acceptors (Lipinski definition) is 1. The molecule has 1 heteroatoms. The van der Waals surface area contributed by atoms with Crippen LogP contribution in [0.25, 0.3) is 0 Å². The number of ether oxygens (including phenoxy) is 1. The van der Waals surface area contributed by atoms with Crippen LogP contribution in [0.5, 0.6) is 0 Å². The molecule has 2 rings (SSSR count). The predicted molar refractivity (Wildman–Crippen MR) is 54.4 cm³/mol. The van der Waals surface area contributed by atoms with Crippen LogP contribution >= 0.6 is 0 Å².